The Morgan fingerprint density at radius 3 is 2.57 bits per heavy atom. The van der Waals surface area contributed by atoms with Crippen molar-refractivity contribution in [1.82, 2.24) is 4.90 Å². The lowest BCUT2D eigenvalue weighted by atomic mass is 9.98. The van der Waals surface area contributed by atoms with Gasteiger partial charge in [-0.1, -0.05) is 36.4 Å². The predicted octanol–water partition coefficient (Wildman–Crippen LogP) is 3.70. The average Bonchev–Trinajstić information content (AvgIpc) is 2.74. The van der Waals surface area contributed by atoms with Crippen LogP contribution in [0.2, 0.25) is 0 Å². The Labute approximate surface area is 167 Å². The zero-order valence-corrected chi connectivity index (χ0v) is 16.7. The highest BCUT2D eigenvalue weighted by molar-refractivity contribution is 5.79. The summed E-state index contributed by atoms with van der Waals surface area (Å²) in [5.41, 5.74) is 2.12. The first kappa shape index (κ1) is 20.2. The van der Waals surface area contributed by atoms with Gasteiger partial charge in [0.05, 0.1) is 33.9 Å². The summed E-state index contributed by atoms with van der Waals surface area (Å²) in [6, 6.07) is 15.8. The molecular formula is C23H29NO4. The molecule has 1 amide bonds. The van der Waals surface area contributed by atoms with Crippen LogP contribution in [0.25, 0.3) is 0 Å². The first-order valence-corrected chi connectivity index (χ1v) is 9.80. The van der Waals surface area contributed by atoms with Gasteiger partial charge in [-0.2, -0.15) is 0 Å². The van der Waals surface area contributed by atoms with Crippen molar-refractivity contribution >= 4 is 5.91 Å². The van der Waals surface area contributed by atoms with Gasteiger partial charge in [-0.15, -0.1) is 0 Å². The van der Waals surface area contributed by atoms with Crippen LogP contribution >= 0.6 is 0 Å². The van der Waals surface area contributed by atoms with Gasteiger partial charge in [0.1, 0.15) is 0 Å². The van der Waals surface area contributed by atoms with Gasteiger partial charge in [0, 0.05) is 13.1 Å². The molecule has 0 aliphatic carbocycles. The standard InChI is InChI=1S/C23H29NO4/c1-26-21-11-10-19(13-22(21)27-2)14-23(25)24-12-6-9-20(15-24)17-28-16-18-7-4-3-5-8-18/h3-5,7-8,10-11,13,20H,6,9,12,14-17H2,1-2H3. The molecule has 0 N–H and O–H groups in total. The molecular weight excluding hydrogens is 354 g/mol. The topological polar surface area (TPSA) is 48.0 Å². The highest BCUT2D eigenvalue weighted by atomic mass is 16.5. The molecule has 2 aromatic rings. The zero-order chi connectivity index (χ0) is 19.8. The Bertz CT molecular complexity index is 762. The lowest BCUT2D eigenvalue weighted by Gasteiger charge is -2.32. The molecule has 0 bridgehead atoms. The molecule has 1 saturated heterocycles. The fourth-order valence-corrected chi connectivity index (χ4v) is 3.62. The van der Waals surface area contributed by atoms with Gasteiger partial charge in [0.25, 0.3) is 0 Å². The number of hydrogen-bond acceptors (Lipinski definition) is 4. The molecule has 5 heteroatoms. The normalized spacial score (nSPS) is 16.6. The molecule has 1 fully saturated rings. The van der Waals surface area contributed by atoms with E-state index in [4.69, 9.17) is 14.2 Å². The fourth-order valence-electron chi connectivity index (χ4n) is 3.62. The third-order valence-corrected chi connectivity index (χ3v) is 5.14. The van der Waals surface area contributed by atoms with Gasteiger partial charge < -0.3 is 19.1 Å². The van der Waals surface area contributed by atoms with Gasteiger partial charge in [-0.3, -0.25) is 4.79 Å². The third-order valence-electron chi connectivity index (χ3n) is 5.14. The van der Waals surface area contributed by atoms with E-state index in [-0.39, 0.29) is 5.91 Å². The van der Waals surface area contributed by atoms with E-state index in [0.717, 1.165) is 31.5 Å². The van der Waals surface area contributed by atoms with Crippen LogP contribution in [-0.2, 0) is 22.6 Å². The Hall–Kier alpha value is -2.53. The lowest BCUT2D eigenvalue weighted by Crippen LogP contribution is -2.41. The number of carbonyl (C=O) groups is 1. The van der Waals surface area contributed by atoms with Crippen LogP contribution in [0.3, 0.4) is 0 Å². The zero-order valence-electron chi connectivity index (χ0n) is 16.7. The van der Waals surface area contributed by atoms with E-state index < -0.39 is 0 Å². The van der Waals surface area contributed by atoms with Crippen molar-refractivity contribution < 1.29 is 19.0 Å². The molecule has 1 heterocycles. The Kier molecular flexibility index (Phi) is 7.31. The van der Waals surface area contributed by atoms with E-state index in [2.05, 4.69) is 12.1 Å². The van der Waals surface area contributed by atoms with E-state index in [1.807, 2.05) is 41.3 Å². The number of benzene rings is 2. The van der Waals surface area contributed by atoms with E-state index in [1.54, 1.807) is 14.2 Å². The highest BCUT2D eigenvalue weighted by Gasteiger charge is 2.24. The summed E-state index contributed by atoms with van der Waals surface area (Å²) in [6.07, 6.45) is 2.50. The summed E-state index contributed by atoms with van der Waals surface area (Å²) in [4.78, 5) is 14.7. The van der Waals surface area contributed by atoms with Crippen LogP contribution in [0, 0.1) is 5.92 Å². The van der Waals surface area contributed by atoms with Crippen molar-refractivity contribution in [2.24, 2.45) is 5.92 Å². The molecule has 1 unspecified atom stereocenters. The number of likely N-dealkylation sites (tertiary alicyclic amines) is 1. The molecule has 0 aromatic heterocycles. The Morgan fingerprint density at radius 1 is 1.04 bits per heavy atom. The first-order valence-electron chi connectivity index (χ1n) is 9.80. The van der Waals surface area contributed by atoms with Crippen molar-refractivity contribution in [3.05, 3.63) is 59.7 Å². The maximum Gasteiger partial charge on any atom is 0.227 e. The molecule has 0 radical (unpaired) electrons. The smallest absolute Gasteiger partial charge is 0.227 e. The number of amides is 1. The predicted molar refractivity (Wildman–Crippen MR) is 109 cm³/mol. The van der Waals surface area contributed by atoms with E-state index in [1.165, 1.54) is 5.56 Å². The monoisotopic (exact) mass is 383 g/mol. The highest BCUT2D eigenvalue weighted by Crippen LogP contribution is 2.28. The minimum Gasteiger partial charge on any atom is -0.493 e. The lowest BCUT2D eigenvalue weighted by molar-refractivity contribution is -0.132. The molecule has 5 nitrogen and oxygen atoms in total. The fraction of sp³-hybridized carbons (Fsp3) is 0.435. The van der Waals surface area contributed by atoms with Crippen LogP contribution in [-0.4, -0.2) is 44.7 Å². The average molecular weight is 383 g/mol. The summed E-state index contributed by atoms with van der Waals surface area (Å²) in [5, 5.41) is 0. The van der Waals surface area contributed by atoms with Gasteiger partial charge in [0.2, 0.25) is 5.91 Å². The van der Waals surface area contributed by atoms with Crippen molar-refractivity contribution in [2.45, 2.75) is 25.9 Å². The van der Waals surface area contributed by atoms with Crippen LogP contribution in [0.1, 0.15) is 24.0 Å². The summed E-state index contributed by atoms with van der Waals surface area (Å²) in [7, 11) is 3.21. The number of rotatable bonds is 8. The molecule has 0 saturated carbocycles. The SMILES string of the molecule is COc1ccc(CC(=O)N2CCCC(COCc3ccccc3)C2)cc1OC. The second-order valence-electron chi connectivity index (χ2n) is 7.21. The number of methoxy groups -OCH3 is 2. The van der Waals surface area contributed by atoms with Crippen LogP contribution in [0.5, 0.6) is 11.5 Å². The molecule has 150 valence electrons. The van der Waals surface area contributed by atoms with Gasteiger partial charge in [-0.05, 0) is 42.0 Å². The van der Waals surface area contributed by atoms with Crippen molar-refractivity contribution in [2.75, 3.05) is 33.9 Å². The molecule has 28 heavy (non-hydrogen) atoms. The van der Waals surface area contributed by atoms with Gasteiger partial charge >= 0.3 is 0 Å². The largest absolute Gasteiger partial charge is 0.493 e. The number of nitrogens with zero attached hydrogens (tertiary/aromatic N) is 1. The molecule has 1 aliphatic rings. The van der Waals surface area contributed by atoms with E-state index in [9.17, 15) is 4.79 Å². The molecule has 0 spiro atoms. The first-order chi connectivity index (χ1) is 13.7. The number of piperidine rings is 1. The van der Waals surface area contributed by atoms with Crippen LogP contribution < -0.4 is 9.47 Å². The van der Waals surface area contributed by atoms with Crippen LogP contribution in [0.4, 0.5) is 0 Å². The number of hydrogen-bond donors (Lipinski definition) is 0. The molecule has 3 rings (SSSR count). The maximum absolute atomic E-state index is 12.8. The molecule has 1 aliphatic heterocycles. The minimum atomic E-state index is 0.153. The van der Waals surface area contributed by atoms with E-state index >= 15 is 0 Å². The quantitative estimate of drug-likeness (QED) is 0.697. The molecule has 1 atom stereocenters. The van der Waals surface area contributed by atoms with Gasteiger partial charge in [0.15, 0.2) is 11.5 Å². The van der Waals surface area contributed by atoms with Crippen molar-refractivity contribution in [3.63, 3.8) is 0 Å². The number of ether oxygens (including phenoxy) is 3. The molecule has 2 aromatic carbocycles. The number of carbonyl (C=O) groups excluding carboxylic acids is 1. The third kappa shape index (κ3) is 5.49. The summed E-state index contributed by atoms with van der Waals surface area (Å²) in [6.45, 7) is 2.90. The Balaban J connectivity index is 1.50. The Morgan fingerprint density at radius 2 is 1.82 bits per heavy atom. The summed E-state index contributed by atoms with van der Waals surface area (Å²) >= 11 is 0. The van der Waals surface area contributed by atoms with Crippen molar-refractivity contribution in [3.8, 4) is 11.5 Å². The van der Waals surface area contributed by atoms with E-state index in [0.29, 0.717) is 37.1 Å². The summed E-state index contributed by atoms with van der Waals surface area (Å²) < 4.78 is 16.5. The minimum absolute atomic E-state index is 0.153. The van der Waals surface area contributed by atoms with Crippen LogP contribution in [0.15, 0.2) is 48.5 Å². The second kappa shape index (κ2) is 10.1. The van der Waals surface area contributed by atoms with Crippen molar-refractivity contribution in [1.29, 1.82) is 0 Å². The summed E-state index contributed by atoms with van der Waals surface area (Å²) in [5.74, 6) is 1.87. The second-order valence-corrected chi connectivity index (χ2v) is 7.21. The maximum atomic E-state index is 12.8. The van der Waals surface area contributed by atoms with Gasteiger partial charge in [-0.25, -0.2) is 0 Å².